The SMILES string of the molecule is Fc1cccc(F)c1-n1c(CCCl)nc2cccnc21. The van der Waals surface area contributed by atoms with Crippen molar-refractivity contribution in [1.29, 1.82) is 0 Å². The van der Waals surface area contributed by atoms with E-state index in [1.807, 2.05) is 0 Å². The summed E-state index contributed by atoms with van der Waals surface area (Å²) < 4.78 is 29.4. The van der Waals surface area contributed by atoms with Gasteiger partial charge in [0.15, 0.2) is 5.65 Å². The summed E-state index contributed by atoms with van der Waals surface area (Å²) in [5.41, 5.74) is 0.820. The molecule has 0 fully saturated rings. The first-order valence-electron chi connectivity index (χ1n) is 6.05. The summed E-state index contributed by atoms with van der Waals surface area (Å²) in [6, 6.07) is 7.20. The predicted molar refractivity (Wildman–Crippen MR) is 73.2 cm³/mol. The maximum Gasteiger partial charge on any atom is 0.164 e. The highest BCUT2D eigenvalue weighted by molar-refractivity contribution is 6.17. The Hall–Kier alpha value is -2.01. The smallest absolute Gasteiger partial charge is 0.164 e. The fourth-order valence-electron chi connectivity index (χ4n) is 2.15. The lowest BCUT2D eigenvalue weighted by atomic mass is 10.2. The van der Waals surface area contributed by atoms with Gasteiger partial charge < -0.3 is 0 Å². The Bertz CT molecular complexity index is 750. The van der Waals surface area contributed by atoms with Crippen molar-refractivity contribution in [2.45, 2.75) is 6.42 Å². The molecule has 102 valence electrons. The summed E-state index contributed by atoms with van der Waals surface area (Å²) in [6.45, 7) is 0. The number of nitrogens with zero attached hydrogens (tertiary/aromatic N) is 3. The monoisotopic (exact) mass is 293 g/mol. The van der Waals surface area contributed by atoms with Crippen LogP contribution in [0.1, 0.15) is 5.82 Å². The fourth-order valence-corrected chi connectivity index (χ4v) is 2.32. The van der Waals surface area contributed by atoms with E-state index in [0.717, 1.165) is 0 Å². The van der Waals surface area contributed by atoms with Gasteiger partial charge in [-0.25, -0.2) is 18.7 Å². The van der Waals surface area contributed by atoms with Gasteiger partial charge in [-0.1, -0.05) is 6.07 Å². The third kappa shape index (κ3) is 2.04. The van der Waals surface area contributed by atoms with Gasteiger partial charge >= 0.3 is 0 Å². The summed E-state index contributed by atoms with van der Waals surface area (Å²) in [6.07, 6.45) is 1.95. The van der Waals surface area contributed by atoms with Crippen molar-refractivity contribution < 1.29 is 8.78 Å². The number of alkyl halides is 1. The zero-order valence-corrected chi connectivity index (χ0v) is 11.1. The van der Waals surface area contributed by atoms with Gasteiger partial charge in [-0.2, -0.15) is 0 Å². The second-order valence-corrected chi connectivity index (χ2v) is 4.60. The molecule has 2 heterocycles. The molecule has 0 spiro atoms. The van der Waals surface area contributed by atoms with Crippen LogP contribution in [-0.2, 0) is 6.42 Å². The highest BCUT2D eigenvalue weighted by Gasteiger charge is 2.19. The molecule has 0 saturated heterocycles. The molecule has 3 aromatic rings. The number of benzene rings is 1. The number of imidazole rings is 1. The van der Waals surface area contributed by atoms with Gasteiger partial charge in [-0.15, -0.1) is 11.6 Å². The zero-order valence-electron chi connectivity index (χ0n) is 10.4. The molecule has 0 atom stereocenters. The third-order valence-corrected chi connectivity index (χ3v) is 3.15. The Morgan fingerprint density at radius 1 is 1.10 bits per heavy atom. The maximum absolute atomic E-state index is 14.0. The van der Waals surface area contributed by atoms with Crippen molar-refractivity contribution in [3.05, 3.63) is 54.0 Å². The van der Waals surface area contributed by atoms with E-state index in [1.54, 1.807) is 18.3 Å². The molecule has 0 saturated carbocycles. The Balaban J connectivity index is 2.36. The van der Waals surface area contributed by atoms with Gasteiger partial charge in [-0.3, -0.25) is 4.57 Å². The predicted octanol–water partition coefficient (Wildman–Crippen LogP) is 3.48. The number of halogens is 3. The van der Waals surface area contributed by atoms with Crippen LogP contribution in [0.15, 0.2) is 36.5 Å². The molecule has 1 aromatic carbocycles. The number of pyridine rings is 1. The number of aromatic nitrogens is 3. The van der Waals surface area contributed by atoms with E-state index in [4.69, 9.17) is 11.6 Å². The Morgan fingerprint density at radius 2 is 1.85 bits per heavy atom. The van der Waals surface area contributed by atoms with E-state index < -0.39 is 11.6 Å². The van der Waals surface area contributed by atoms with E-state index in [9.17, 15) is 8.78 Å². The van der Waals surface area contributed by atoms with Crippen molar-refractivity contribution in [2.24, 2.45) is 0 Å². The van der Waals surface area contributed by atoms with Gasteiger partial charge in [0.05, 0.1) is 0 Å². The van der Waals surface area contributed by atoms with Crippen molar-refractivity contribution in [3.63, 3.8) is 0 Å². The van der Waals surface area contributed by atoms with Crippen LogP contribution in [0.5, 0.6) is 0 Å². The van der Waals surface area contributed by atoms with Gasteiger partial charge in [0.1, 0.15) is 28.7 Å². The van der Waals surface area contributed by atoms with E-state index in [1.165, 1.54) is 22.8 Å². The highest BCUT2D eigenvalue weighted by Crippen LogP contribution is 2.24. The summed E-state index contributed by atoms with van der Waals surface area (Å²) in [7, 11) is 0. The van der Waals surface area contributed by atoms with Gasteiger partial charge in [-0.05, 0) is 24.3 Å². The number of aryl methyl sites for hydroxylation is 1. The number of rotatable bonds is 3. The lowest BCUT2D eigenvalue weighted by Crippen LogP contribution is -2.07. The van der Waals surface area contributed by atoms with Crippen LogP contribution in [0.2, 0.25) is 0 Å². The first kappa shape index (κ1) is 13.0. The van der Waals surface area contributed by atoms with Crippen LogP contribution in [0.25, 0.3) is 16.9 Å². The van der Waals surface area contributed by atoms with Gasteiger partial charge in [0.25, 0.3) is 0 Å². The number of fused-ring (bicyclic) bond motifs is 1. The molecular formula is C14H10ClF2N3. The van der Waals surface area contributed by atoms with Gasteiger partial charge in [0, 0.05) is 18.5 Å². The lowest BCUT2D eigenvalue weighted by molar-refractivity contribution is 0.567. The Kier molecular flexibility index (Phi) is 3.36. The molecule has 0 N–H and O–H groups in total. The van der Waals surface area contributed by atoms with Gasteiger partial charge in [0.2, 0.25) is 0 Å². The summed E-state index contributed by atoms with van der Waals surface area (Å²) >= 11 is 5.74. The van der Waals surface area contributed by atoms with Crippen molar-refractivity contribution in [3.8, 4) is 5.69 Å². The minimum absolute atomic E-state index is 0.172. The second-order valence-electron chi connectivity index (χ2n) is 4.22. The molecule has 2 aromatic heterocycles. The molecule has 0 amide bonds. The largest absolute Gasteiger partial charge is 0.275 e. The van der Waals surface area contributed by atoms with Crippen molar-refractivity contribution in [2.75, 3.05) is 5.88 Å². The second kappa shape index (κ2) is 5.17. The first-order valence-corrected chi connectivity index (χ1v) is 6.58. The van der Waals surface area contributed by atoms with Crippen LogP contribution in [-0.4, -0.2) is 20.4 Å². The van der Waals surface area contributed by atoms with Crippen LogP contribution in [0, 0.1) is 11.6 Å². The molecule has 3 nitrogen and oxygen atoms in total. The summed E-state index contributed by atoms with van der Waals surface area (Å²) in [5.74, 6) is -0.534. The minimum Gasteiger partial charge on any atom is -0.275 e. The van der Waals surface area contributed by atoms with E-state index in [0.29, 0.717) is 29.3 Å². The first-order chi connectivity index (χ1) is 9.72. The van der Waals surface area contributed by atoms with E-state index in [-0.39, 0.29) is 5.69 Å². The fraction of sp³-hybridized carbons (Fsp3) is 0.143. The minimum atomic E-state index is -0.661. The van der Waals surface area contributed by atoms with E-state index >= 15 is 0 Å². The molecule has 3 rings (SSSR count). The number of hydrogen-bond acceptors (Lipinski definition) is 2. The molecule has 0 bridgehead atoms. The lowest BCUT2D eigenvalue weighted by Gasteiger charge is -2.10. The molecular weight excluding hydrogens is 284 g/mol. The van der Waals surface area contributed by atoms with Crippen LogP contribution < -0.4 is 0 Å². The highest BCUT2D eigenvalue weighted by atomic mass is 35.5. The van der Waals surface area contributed by atoms with Crippen LogP contribution >= 0.6 is 11.6 Å². The molecule has 0 aliphatic carbocycles. The molecule has 0 radical (unpaired) electrons. The molecule has 0 aliphatic heterocycles. The zero-order chi connectivity index (χ0) is 14.1. The molecule has 20 heavy (non-hydrogen) atoms. The standard InChI is InChI=1S/C14H10ClF2N3/c15-7-6-12-19-11-5-2-8-18-14(11)20(12)13-9(16)3-1-4-10(13)17/h1-5,8H,6-7H2. The average Bonchev–Trinajstić information content (AvgIpc) is 2.78. The summed E-state index contributed by atoms with van der Waals surface area (Å²) in [5, 5.41) is 0. The van der Waals surface area contributed by atoms with Crippen LogP contribution in [0.3, 0.4) is 0 Å². The number of hydrogen-bond donors (Lipinski definition) is 0. The van der Waals surface area contributed by atoms with Crippen molar-refractivity contribution >= 4 is 22.8 Å². The molecule has 6 heteroatoms. The molecule has 0 aliphatic rings. The van der Waals surface area contributed by atoms with Crippen molar-refractivity contribution in [1.82, 2.24) is 14.5 Å². The topological polar surface area (TPSA) is 30.7 Å². The Labute approximate surface area is 118 Å². The average molecular weight is 294 g/mol. The maximum atomic E-state index is 14.0. The number of para-hydroxylation sites is 1. The molecule has 0 unspecified atom stereocenters. The normalized spacial score (nSPS) is 11.2. The Morgan fingerprint density at radius 3 is 2.55 bits per heavy atom. The van der Waals surface area contributed by atoms with Crippen LogP contribution in [0.4, 0.5) is 8.78 Å². The summed E-state index contributed by atoms with van der Waals surface area (Å²) in [4.78, 5) is 8.51. The third-order valence-electron chi connectivity index (χ3n) is 2.96. The quantitative estimate of drug-likeness (QED) is 0.692. The van der Waals surface area contributed by atoms with E-state index in [2.05, 4.69) is 9.97 Å².